The van der Waals surface area contributed by atoms with Crippen molar-refractivity contribution in [2.24, 2.45) is 5.92 Å². The topological polar surface area (TPSA) is 41.1 Å². The maximum atomic E-state index is 11.2. The highest BCUT2D eigenvalue weighted by Gasteiger charge is 2.43. The van der Waals surface area contributed by atoms with E-state index in [9.17, 15) is 4.79 Å². The largest absolute Gasteiger partial charge is 0.352 e. The van der Waals surface area contributed by atoms with Crippen LogP contribution in [0.3, 0.4) is 0 Å². The van der Waals surface area contributed by atoms with Gasteiger partial charge in [0.05, 0.1) is 6.04 Å². The highest BCUT2D eigenvalue weighted by Crippen LogP contribution is 2.32. The van der Waals surface area contributed by atoms with Crippen LogP contribution < -0.4 is 10.6 Å². The molecule has 1 aliphatic heterocycles. The van der Waals surface area contributed by atoms with E-state index in [1.54, 1.807) is 0 Å². The first-order valence-corrected chi connectivity index (χ1v) is 4.30. The molecule has 11 heavy (non-hydrogen) atoms. The van der Waals surface area contributed by atoms with Crippen molar-refractivity contribution in [3.63, 3.8) is 0 Å². The summed E-state index contributed by atoms with van der Waals surface area (Å²) in [4.78, 5) is 11.2. The van der Waals surface area contributed by atoms with E-state index < -0.39 is 0 Å². The molecule has 1 saturated carbocycles. The van der Waals surface area contributed by atoms with Crippen LogP contribution in [-0.2, 0) is 4.79 Å². The van der Waals surface area contributed by atoms with Gasteiger partial charge in [-0.1, -0.05) is 6.42 Å². The first kappa shape index (κ1) is 7.10. The lowest BCUT2D eigenvalue weighted by Gasteiger charge is -2.12. The Kier molecular flexibility index (Phi) is 1.60. The van der Waals surface area contributed by atoms with Gasteiger partial charge in [-0.2, -0.15) is 0 Å². The molecule has 0 aromatic heterocycles. The zero-order valence-corrected chi connectivity index (χ0v) is 6.76. The Morgan fingerprint density at radius 1 is 1.55 bits per heavy atom. The molecule has 3 nitrogen and oxygen atoms in total. The Morgan fingerprint density at radius 2 is 2.36 bits per heavy atom. The van der Waals surface area contributed by atoms with Gasteiger partial charge in [0.1, 0.15) is 0 Å². The zero-order chi connectivity index (χ0) is 7.84. The molecule has 3 atom stereocenters. The van der Waals surface area contributed by atoms with E-state index in [0.717, 1.165) is 0 Å². The van der Waals surface area contributed by atoms with E-state index in [0.29, 0.717) is 12.0 Å². The lowest BCUT2D eigenvalue weighted by molar-refractivity contribution is -0.121. The third-order valence-electron chi connectivity index (χ3n) is 2.92. The molecule has 1 amide bonds. The van der Waals surface area contributed by atoms with Gasteiger partial charge in [0.25, 0.3) is 0 Å². The van der Waals surface area contributed by atoms with Crippen molar-refractivity contribution in [3.05, 3.63) is 0 Å². The van der Waals surface area contributed by atoms with E-state index >= 15 is 0 Å². The van der Waals surface area contributed by atoms with E-state index in [1.165, 1.54) is 19.3 Å². The molecule has 0 aromatic rings. The summed E-state index contributed by atoms with van der Waals surface area (Å²) in [5, 5.41) is 6.09. The molecule has 3 heteroatoms. The van der Waals surface area contributed by atoms with Crippen molar-refractivity contribution >= 4 is 5.91 Å². The average Bonchev–Trinajstić information content (AvgIpc) is 2.46. The zero-order valence-electron chi connectivity index (χ0n) is 6.76. The molecular weight excluding hydrogens is 140 g/mol. The van der Waals surface area contributed by atoms with E-state index in [1.807, 2.05) is 7.05 Å². The quantitative estimate of drug-likeness (QED) is 0.552. The molecule has 2 aliphatic rings. The minimum Gasteiger partial charge on any atom is -0.352 e. The van der Waals surface area contributed by atoms with Gasteiger partial charge < -0.3 is 10.6 Å². The second-order valence-corrected chi connectivity index (χ2v) is 3.48. The standard InChI is InChI=1S/C8H14N2O/c1-9-7-5-3-2-4-6(5)10-8(7)11/h5-7,9H,2-4H2,1H3,(H,10,11)/t5-,6+,7-/m0/s1. The molecule has 2 fully saturated rings. The predicted octanol–water partition coefficient (Wildman–Crippen LogP) is -0.127. The van der Waals surface area contributed by atoms with Crippen LogP contribution in [0.5, 0.6) is 0 Å². The fourth-order valence-electron chi connectivity index (χ4n) is 2.38. The van der Waals surface area contributed by atoms with Crippen LogP contribution in [-0.4, -0.2) is 25.0 Å². The van der Waals surface area contributed by atoms with Crippen LogP contribution in [0.15, 0.2) is 0 Å². The van der Waals surface area contributed by atoms with Gasteiger partial charge in [0.2, 0.25) is 5.91 Å². The van der Waals surface area contributed by atoms with E-state index in [-0.39, 0.29) is 11.9 Å². The maximum absolute atomic E-state index is 11.2. The molecule has 2 N–H and O–H groups in total. The number of hydrogen-bond acceptors (Lipinski definition) is 2. The monoisotopic (exact) mass is 154 g/mol. The third kappa shape index (κ3) is 0.948. The molecule has 0 spiro atoms. The molecule has 1 saturated heterocycles. The fourth-order valence-corrected chi connectivity index (χ4v) is 2.38. The van der Waals surface area contributed by atoms with Crippen LogP contribution in [0.1, 0.15) is 19.3 Å². The van der Waals surface area contributed by atoms with Crippen molar-refractivity contribution in [2.75, 3.05) is 7.05 Å². The Labute approximate surface area is 66.5 Å². The van der Waals surface area contributed by atoms with Crippen LogP contribution in [0.25, 0.3) is 0 Å². The van der Waals surface area contributed by atoms with Crippen LogP contribution in [0.4, 0.5) is 0 Å². The number of likely N-dealkylation sites (N-methyl/N-ethyl adjacent to an activating group) is 1. The molecule has 62 valence electrons. The Morgan fingerprint density at radius 3 is 3.09 bits per heavy atom. The minimum absolute atomic E-state index is 0.0856. The Bertz CT molecular complexity index is 181. The number of fused-ring (bicyclic) bond motifs is 1. The molecule has 0 bridgehead atoms. The number of hydrogen-bond donors (Lipinski definition) is 2. The first-order valence-electron chi connectivity index (χ1n) is 4.30. The van der Waals surface area contributed by atoms with Crippen molar-refractivity contribution in [1.82, 2.24) is 10.6 Å². The third-order valence-corrected chi connectivity index (χ3v) is 2.92. The van der Waals surface area contributed by atoms with Crippen molar-refractivity contribution < 1.29 is 4.79 Å². The smallest absolute Gasteiger partial charge is 0.237 e. The molecular formula is C8H14N2O. The summed E-state index contributed by atoms with van der Waals surface area (Å²) < 4.78 is 0. The van der Waals surface area contributed by atoms with E-state index in [4.69, 9.17) is 0 Å². The van der Waals surface area contributed by atoms with Crippen molar-refractivity contribution in [3.8, 4) is 0 Å². The number of amides is 1. The molecule has 1 aliphatic carbocycles. The molecule has 2 rings (SSSR count). The number of carbonyl (C=O) groups excluding carboxylic acids is 1. The van der Waals surface area contributed by atoms with Crippen molar-refractivity contribution in [2.45, 2.75) is 31.3 Å². The highest BCUT2D eigenvalue weighted by atomic mass is 16.2. The first-order chi connectivity index (χ1) is 5.33. The minimum atomic E-state index is 0.0856. The summed E-state index contributed by atoms with van der Waals surface area (Å²) in [7, 11) is 1.87. The molecule has 0 radical (unpaired) electrons. The molecule has 0 unspecified atom stereocenters. The SMILES string of the molecule is CN[C@@H]1C(=O)N[C@@H]2CCC[C@H]12. The highest BCUT2D eigenvalue weighted by molar-refractivity contribution is 5.85. The van der Waals surface area contributed by atoms with Crippen molar-refractivity contribution in [1.29, 1.82) is 0 Å². The second kappa shape index (κ2) is 2.48. The summed E-state index contributed by atoms with van der Waals surface area (Å²) in [6.45, 7) is 0. The second-order valence-electron chi connectivity index (χ2n) is 3.48. The van der Waals surface area contributed by atoms with Gasteiger partial charge in [-0.15, -0.1) is 0 Å². The van der Waals surface area contributed by atoms with Crippen LogP contribution >= 0.6 is 0 Å². The van der Waals surface area contributed by atoms with Gasteiger partial charge in [0.15, 0.2) is 0 Å². The predicted molar refractivity (Wildman–Crippen MR) is 42.1 cm³/mol. The number of rotatable bonds is 1. The van der Waals surface area contributed by atoms with Crippen LogP contribution in [0, 0.1) is 5.92 Å². The van der Waals surface area contributed by atoms with Gasteiger partial charge in [-0.25, -0.2) is 0 Å². The van der Waals surface area contributed by atoms with Crippen LogP contribution in [0.2, 0.25) is 0 Å². The lowest BCUT2D eigenvalue weighted by Crippen LogP contribution is -2.37. The van der Waals surface area contributed by atoms with Gasteiger partial charge in [0, 0.05) is 12.0 Å². The van der Waals surface area contributed by atoms with E-state index in [2.05, 4.69) is 10.6 Å². The normalized spacial score (nSPS) is 42.3. The average molecular weight is 154 g/mol. The fraction of sp³-hybridized carbons (Fsp3) is 0.875. The number of nitrogens with one attached hydrogen (secondary N) is 2. The number of carbonyl (C=O) groups is 1. The van der Waals surface area contributed by atoms with Gasteiger partial charge >= 0.3 is 0 Å². The Hall–Kier alpha value is -0.570. The summed E-state index contributed by atoms with van der Waals surface area (Å²) >= 11 is 0. The summed E-state index contributed by atoms with van der Waals surface area (Å²) in [6.07, 6.45) is 3.65. The molecule has 1 heterocycles. The van der Waals surface area contributed by atoms with Gasteiger partial charge in [-0.3, -0.25) is 4.79 Å². The lowest BCUT2D eigenvalue weighted by atomic mass is 9.99. The maximum Gasteiger partial charge on any atom is 0.237 e. The Balaban J connectivity index is 2.13. The summed E-state index contributed by atoms with van der Waals surface area (Å²) in [5.74, 6) is 0.759. The molecule has 0 aromatic carbocycles. The van der Waals surface area contributed by atoms with Gasteiger partial charge in [-0.05, 0) is 19.9 Å². The summed E-state index contributed by atoms with van der Waals surface area (Å²) in [6, 6.07) is 0.558. The summed E-state index contributed by atoms with van der Waals surface area (Å²) in [5.41, 5.74) is 0.